The van der Waals surface area contributed by atoms with Crippen LogP contribution in [-0.4, -0.2) is 17.1 Å². The summed E-state index contributed by atoms with van der Waals surface area (Å²) < 4.78 is 14.7. The van der Waals surface area contributed by atoms with E-state index in [2.05, 4.69) is 26.7 Å². The van der Waals surface area contributed by atoms with Crippen molar-refractivity contribution in [2.45, 2.75) is 33.7 Å². The second-order valence-corrected chi connectivity index (χ2v) is 6.55. The van der Waals surface area contributed by atoms with E-state index in [1.54, 1.807) is 26.0 Å². The molecule has 5 nitrogen and oxygen atoms in total. The van der Waals surface area contributed by atoms with Gasteiger partial charge in [0, 0.05) is 13.1 Å². The van der Waals surface area contributed by atoms with Gasteiger partial charge in [-0.2, -0.15) is 0 Å². The molecule has 1 aromatic heterocycles. The van der Waals surface area contributed by atoms with E-state index in [0.29, 0.717) is 27.8 Å². The number of rotatable bonds is 6. The lowest BCUT2D eigenvalue weighted by atomic mass is 10.1. The van der Waals surface area contributed by atoms with Gasteiger partial charge in [-0.05, 0) is 59.5 Å². The molecule has 2 N–H and O–H groups in total. The van der Waals surface area contributed by atoms with Crippen LogP contribution in [0.5, 0.6) is 0 Å². The summed E-state index contributed by atoms with van der Waals surface area (Å²) in [5, 5.41) is 2.82. The molecule has 0 saturated heterocycles. The van der Waals surface area contributed by atoms with Gasteiger partial charge in [0.2, 0.25) is 0 Å². The molecule has 134 valence electrons. The minimum Gasteiger partial charge on any atom is -0.348 e. The molecule has 2 aromatic rings. The summed E-state index contributed by atoms with van der Waals surface area (Å²) in [4.78, 5) is 25.1. The molecule has 2 rings (SSSR count). The molecule has 0 aliphatic carbocycles. The highest BCUT2D eigenvalue weighted by Gasteiger charge is 2.20. The van der Waals surface area contributed by atoms with Gasteiger partial charge >= 0.3 is 0 Å². The first kappa shape index (κ1) is 19.2. The van der Waals surface area contributed by atoms with Crippen molar-refractivity contribution in [3.8, 4) is 0 Å². The van der Waals surface area contributed by atoms with E-state index in [0.717, 1.165) is 12.0 Å². The number of halogens is 2. The predicted octanol–water partition coefficient (Wildman–Crippen LogP) is 3.25. The van der Waals surface area contributed by atoms with Crippen molar-refractivity contribution in [3.63, 3.8) is 0 Å². The molecule has 25 heavy (non-hydrogen) atoms. The van der Waals surface area contributed by atoms with Crippen molar-refractivity contribution in [2.75, 3.05) is 12.0 Å². The highest BCUT2D eigenvalue weighted by atomic mass is 79.9. The molecule has 0 saturated carbocycles. The van der Waals surface area contributed by atoms with Gasteiger partial charge < -0.3 is 10.7 Å². The SMILES string of the molecule is CCCNn1c(C)c(C(=O)NCc2ccc(F)cc2)c(C)c(Br)c1=O. The second kappa shape index (κ2) is 8.29. The molecule has 1 heterocycles. The predicted molar refractivity (Wildman–Crippen MR) is 100.0 cm³/mol. The lowest BCUT2D eigenvalue weighted by Crippen LogP contribution is -2.36. The minimum absolute atomic E-state index is 0.224. The molecule has 0 aliphatic heterocycles. The normalized spacial score (nSPS) is 10.6. The fourth-order valence-corrected chi connectivity index (χ4v) is 2.90. The summed E-state index contributed by atoms with van der Waals surface area (Å²) in [7, 11) is 0. The van der Waals surface area contributed by atoms with Gasteiger partial charge in [0.1, 0.15) is 5.82 Å². The summed E-state index contributed by atoms with van der Waals surface area (Å²) in [6.45, 7) is 6.35. The number of carbonyl (C=O) groups is 1. The number of hydrogen-bond acceptors (Lipinski definition) is 3. The zero-order chi connectivity index (χ0) is 18.6. The lowest BCUT2D eigenvalue weighted by Gasteiger charge is -2.18. The van der Waals surface area contributed by atoms with Crippen LogP contribution in [0.15, 0.2) is 33.5 Å². The molecule has 0 bridgehead atoms. The number of carbonyl (C=O) groups excluding carboxylic acids is 1. The first-order valence-corrected chi connectivity index (χ1v) is 8.84. The Morgan fingerprint density at radius 1 is 1.24 bits per heavy atom. The second-order valence-electron chi connectivity index (χ2n) is 5.76. The van der Waals surface area contributed by atoms with Crippen molar-refractivity contribution in [1.29, 1.82) is 0 Å². The highest BCUT2D eigenvalue weighted by molar-refractivity contribution is 9.10. The van der Waals surface area contributed by atoms with Crippen molar-refractivity contribution < 1.29 is 9.18 Å². The topological polar surface area (TPSA) is 63.1 Å². The highest BCUT2D eigenvalue weighted by Crippen LogP contribution is 2.19. The Kier molecular flexibility index (Phi) is 6.36. The van der Waals surface area contributed by atoms with Crippen LogP contribution >= 0.6 is 15.9 Å². The molecule has 0 spiro atoms. The van der Waals surface area contributed by atoms with E-state index < -0.39 is 0 Å². The molecule has 1 amide bonds. The average Bonchev–Trinajstić information content (AvgIpc) is 2.59. The maximum Gasteiger partial charge on any atom is 0.283 e. The van der Waals surface area contributed by atoms with Crippen molar-refractivity contribution in [3.05, 3.63) is 67.3 Å². The van der Waals surface area contributed by atoms with Crippen LogP contribution in [0.3, 0.4) is 0 Å². The molecule has 7 heteroatoms. The van der Waals surface area contributed by atoms with Gasteiger partial charge in [-0.3, -0.25) is 9.59 Å². The molecule has 0 aliphatic rings. The average molecular weight is 410 g/mol. The summed E-state index contributed by atoms with van der Waals surface area (Å²) in [5.41, 5.74) is 5.18. The van der Waals surface area contributed by atoms with Crippen LogP contribution in [0, 0.1) is 19.7 Å². The van der Waals surface area contributed by atoms with Gasteiger partial charge in [-0.15, -0.1) is 0 Å². The van der Waals surface area contributed by atoms with E-state index in [1.165, 1.54) is 16.8 Å². The largest absolute Gasteiger partial charge is 0.348 e. The van der Waals surface area contributed by atoms with Gasteiger partial charge in [0.05, 0.1) is 15.7 Å². The number of nitrogens with zero attached hydrogens (tertiary/aromatic N) is 1. The summed E-state index contributed by atoms with van der Waals surface area (Å²) >= 11 is 3.28. The van der Waals surface area contributed by atoms with E-state index in [9.17, 15) is 14.0 Å². The third kappa shape index (κ3) is 4.28. The number of benzene rings is 1. The molecule has 0 radical (unpaired) electrons. The van der Waals surface area contributed by atoms with Crippen LogP contribution < -0.4 is 16.3 Å². The fourth-order valence-electron chi connectivity index (χ4n) is 2.53. The number of hydrogen-bond donors (Lipinski definition) is 2. The Bertz CT molecular complexity index is 832. The number of nitrogens with one attached hydrogen (secondary N) is 2. The Labute approximate surface area is 154 Å². The van der Waals surface area contributed by atoms with Gasteiger partial charge in [0.25, 0.3) is 11.5 Å². The van der Waals surface area contributed by atoms with E-state index >= 15 is 0 Å². The first-order chi connectivity index (χ1) is 11.9. The van der Waals surface area contributed by atoms with Crippen LogP contribution in [-0.2, 0) is 6.54 Å². The van der Waals surface area contributed by atoms with E-state index in [4.69, 9.17) is 0 Å². The summed E-state index contributed by atoms with van der Waals surface area (Å²) in [5.74, 6) is -0.605. The molecule has 0 fully saturated rings. The zero-order valence-electron chi connectivity index (χ0n) is 14.5. The third-order valence-corrected chi connectivity index (χ3v) is 4.84. The summed E-state index contributed by atoms with van der Waals surface area (Å²) in [6.07, 6.45) is 0.851. The lowest BCUT2D eigenvalue weighted by molar-refractivity contribution is 0.0948. The molecule has 0 unspecified atom stereocenters. The minimum atomic E-state index is -0.320. The van der Waals surface area contributed by atoms with Gasteiger partial charge in [-0.1, -0.05) is 19.1 Å². The molecule has 0 atom stereocenters. The van der Waals surface area contributed by atoms with Gasteiger partial charge in [-0.25, -0.2) is 9.07 Å². The maximum absolute atomic E-state index is 13.0. The molecular weight excluding hydrogens is 389 g/mol. The number of pyridine rings is 1. The Morgan fingerprint density at radius 2 is 1.88 bits per heavy atom. The van der Waals surface area contributed by atoms with Crippen LogP contribution in [0.25, 0.3) is 0 Å². The van der Waals surface area contributed by atoms with E-state index in [-0.39, 0.29) is 23.8 Å². The number of aromatic nitrogens is 1. The molecular formula is C18H21BrFN3O2. The van der Waals surface area contributed by atoms with Crippen molar-refractivity contribution in [1.82, 2.24) is 9.99 Å². The van der Waals surface area contributed by atoms with Gasteiger partial charge in [0.15, 0.2) is 0 Å². The molecule has 1 aromatic carbocycles. The smallest absolute Gasteiger partial charge is 0.283 e. The maximum atomic E-state index is 13.0. The third-order valence-electron chi connectivity index (χ3n) is 3.91. The standard InChI is InChI=1S/C18H21BrFN3O2/c1-4-9-22-23-12(3)15(11(2)16(19)18(23)25)17(24)21-10-13-5-7-14(20)8-6-13/h5-8,22H,4,9-10H2,1-3H3,(H,21,24). The van der Waals surface area contributed by atoms with Crippen LogP contribution in [0.2, 0.25) is 0 Å². The van der Waals surface area contributed by atoms with Crippen molar-refractivity contribution >= 4 is 21.8 Å². The van der Waals surface area contributed by atoms with E-state index in [1.807, 2.05) is 6.92 Å². The summed E-state index contributed by atoms with van der Waals surface area (Å²) in [6, 6.07) is 5.94. The number of amides is 1. The first-order valence-electron chi connectivity index (χ1n) is 8.05. The monoisotopic (exact) mass is 409 g/mol. The van der Waals surface area contributed by atoms with Crippen LogP contribution in [0.1, 0.15) is 40.5 Å². The zero-order valence-corrected chi connectivity index (χ0v) is 16.0. The van der Waals surface area contributed by atoms with Crippen molar-refractivity contribution in [2.24, 2.45) is 0 Å². The quantitative estimate of drug-likeness (QED) is 0.769. The Hall–Kier alpha value is -2.15. The Morgan fingerprint density at radius 3 is 2.48 bits per heavy atom. The fraction of sp³-hybridized carbons (Fsp3) is 0.333. The Balaban J connectivity index is 2.30. The van der Waals surface area contributed by atoms with Crippen LogP contribution in [0.4, 0.5) is 4.39 Å².